The maximum absolute atomic E-state index is 9.54. The number of aromatic nitrogens is 4. The molecule has 0 spiro atoms. The van der Waals surface area contributed by atoms with Gasteiger partial charge in [-0.05, 0) is 18.2 Å². The van der Waals surface area contributed by atoms with Crippen LogP contribution in [0.15, 0.2) is 36.9 Å². The van der Waals surface area contributed by atoms with E-state index < -0.39 is 0 Å². The van der Waals surface area contributed by atoms with Crippen LogP contribution in [-0.2, 0) is 7.05 Å². The van der Waals surface area contributed by atoms with Gasteiger partial charge in [-0.3, -0.25) is 4.68 Å². The Morgan fingerprint density at radius 2 is 1.94 bits per heavy atom. The van der Waals surface area contributed by atoms with Gasteiger partial charge >= 0.3 is 0 Å². The van der Waals surface area contributed by atoms with Gasteiger partial charge in [0.25, 0.3) is 0 Å². The summed E-state index contributed by atoms with van der Waals surface area (Å²) in [5.41, 5.74) is 2.57. The number of aryl methyl sites for hydroxylation is 1. The van der Waals surface area contributed by atoms with Crippen LogP contribution in [0.5, 0.6) is 5.75 Å². The Bertz CT molecular complexity index is 676. The van der Waals surface area contributed by atoms with Crippen LogP contribution >= 0.6 is 0 Å². The van der Waals surface area contributed by atoms with E-state index in [-0.39, 0.29) is 5.75 Å². The molecule has 0 saturated carbocycles. The van der Waals surface area contributed by atoms with Gasteiger partial charge in [-0.15, -0.1) is 0 Å². The van der Waals surface area contributed by atoms with Gasteiger partial charge in [0, 0.05) is 30.4 Å². The molecule has 0 saturated heterocycles. The zero-order chi connectivity index (χ0) is 11.8. The molecule has 0 atom stereocenters. The van der Waals surface area contributed by atoms with E-state index in [1.807, 2.05) is 13.1 Å². The average Bonchev–Trinajstić information content (AvgIpc) is 2.67. The second-order valence-electron chi connectivity index (χ2n) is 3.80. The molecule has 0 bridgehead atoms. The molecule has 0 aliphatic rings. The van der Waals surface area contributed by atoms with Gasteiger partial charge in [0.2, 0.25) is 0 Å². The maximum Gasteiger partial charge on any atom is 0.116 e. The Kier molecular flexibility index (Phi) is 2.04. The van der Waals surface area contributed by atoms with Crippen molar-refractivity contribution in [3.8, 4) is 17.0 Å². The van der Waals surface area contributed by atoms with Crippen molar-refractivity contribution >= 4 is 10.9 Å². The Balaban J connectivity index is 2.34. The fourth-order valence-corrected chi connectivity index (χ4v) is 1.89. The molecule has 0 unspecified atom stereocenters. The van der Waals surface area contributed by atoms with Crippen LogP contribution < -0.4 is 0 Å². The van der Waals surface area contributed by atoms with E-state index in [1.54, 1.807) is 29.2 Å². The predicted molar refractivity (Wildman–Crippen MR) is 63.4 cm³/mol. The number of aromatic hydroxyl groups is 1. The molecule has 5 heteroatoms. The fraction of sp³-hybridized carbons (Fsp3) is 0.0833. The third-order valence-electron chi connectivity index (χ3n) is 2.67. The van der Waals surface area contributed by atoms with E-state index >= 15 is 0 Å². The van der Waals surface area contributed by atoms with E-state index in [2.05, 4.69) is 15.1 Å². The number of phenols is 1. The van der Waals surface area contributed by atoms with Crippen molar-refractivity contribution in [3.05, 3.63) is 36.9 Å². The van der Waals surface area contributed by atoms with Gasteiger partial charge in [-0.2, -0.15) is 5.10 Å². The molecule has 0 aliphatic carbocycles. The monoisotopic (exact) mass is 226 g/mol. The molecule has 17 heavy (non-hydrogen) atoms. The lowest BCUT2D eigenvalue weighted by molar-refractivity contribution is 0.476. The summed E-state index contributed by atoms with van der Waals surface area (Å²) in [4.78, 5) is 7.95. The zero-order valence-electron chi connectivity index (χ0n) is 9.20. The summed E-state index contributed by atoms with van der Waals surface area (Å²) in [6.07, 6.45) is 4.89. The van der Waals surface area contributed by atoms with Crippen LogP contribution in [0.2, 0.25) is 0 Å². The van der Waals surface area contributed by atoms with Crippen molar-refractivity contribution in [2.75, 3.05) is 0 Å². The van der Waals surface area contributed by atoms with Crippen molar-refractivity contribution in [2.24, 2.45) is 7.05 Å². The molecule has 0 aliphatic heterocycles. The lowest BCUT2D eigenvalue weighted by Crippen LogP contribution is -1.89. The van der Waals surface area contributed by atoms with E-state index in [1.165, 1.54) is 6.33 Å². The first kappa shape index (κ1) is 9.77. The van der Waals surface area contributed by atoms with Gasteiger partial charge in [0.1, 0.15) is 17.8 Å². The highest BCUT2D eigenvalue weighted by Gasteiger charge is 2.11. The lowest BCUT2D eigenvalue weighted by atomic mass is 10.1. The van der Waals surface area contributed by atoms with Crippen molar-refractivity contribution < 1.29 is 5.11 Å². The minimum Gasteiger partial charge on any atom is -0.508 e. The number of nitrogens with zero attached hydrogens (tertiary/aromatic N) is 4. The Hall–Kier alpha value is -2.43. The number of benzene rings is 1. The molecule has 1 aromatic carbocycles. The average molecular weight is 226 g/mol. The molecule has 3 aromatic rings. The molecular formula is C12H10N4O. The topological polar surface area (TPSA) is 63.8 Å². The number of rotatable bonds is 1. The van der Waals surface area contributed by atoms with E-state index in [4.69, 9.17) is 0 Å². The van der Waals surface area contributed by atoms with Crippen LogP contribution in [0.25, 0.3) is 22.2 Å². The highest BCUT2D eigenvalue weighted by atomic mass is 16.3. The summed E-state index contributed by atoms with van der Waals surface area (Å²) in [6, 6.07) is 5.19. The molecule has 84 valence electrons. The summed E-state index contributed by atoms with van der Waals surface area (Å²) in [5.74, 6) is 0.226. The highest BCUT2D eigenvalue weighted by Crippen LogP contribution is 2.29. The number of hydrogen-bond donors (Lipinski definition) is 1. The molecule has 2 heterocycles. The van der Waals surface area contributed by atoms with E-state index in [0.29, 0.717) is 0 Å². The SMILES string of the molecule is Cn1nc(-c2cncnc2)c2cc(O)ccc21. The Labute approximate surface area is 97.4 Å². The summed E-state index contributed by atoms with van der Waals surface area (Å²) in [5, 5.41) is 14.9. The first-order chi connectivity index (χ1) is 8.25. The first-order valence-electron chi connectivity index (χ1n) is 5.17. The van der Waals surface area contributed by atoms with Gasteiger partial charge < -0.3 is 5.11 Å². The fourth-order valence-electron chi connectivity index (χ4n) is 1.89. The number of phenolic OH excluding ortho intramolecular Hbond substituents is 1. The molecule has 1 N–H and O–H groups in total. The van der Waals surface area contributed by atoms with E-state index in [9.17, 15) is 5.11 Å². The molecule has 5 nitrogen and oxygen atoms in total. The lowest BCUT2D eigenvalue weighted by Gasteiger charge is -1.96. The molecule has 0 amide bonds. The largest absolute Gasteiger partial charge is 0.508 e. The summed E-state index contributed by atoms with van der Waals surface area (Å²) in [7, 11) is 1.87. The van der Waals surface area contributed by atoms with Crippen LogP contribution in [0.3, 0.4) is 0 Å². The Morgan fingerprint density at radius 3 is 2.71 bits per heavy atom. The maximum atomic E-state index is 9.54. The highest BCUT2D eigenvalue weighted by molar-refractivity contribution is 5.93. The summed E-state index contributed by atoms with van der Waals surface area (Å²) in [6.45, 7) is 0. The van der Waals surface area contributed by atoms with Crippen LogP contribution in [0.1, 0.15) is 0 Å². The second kappa shape index (κ2) is 3.55. The smallest absolute Gasteiger partial charge is 0.116 e. The summed E-state index contributed by atoms with van der Waals surface area (Å²) < 4.78 is 1.77. The Morgan fingerprint density at radius 1 is 1.18 bits per heavy atom. The van der Waals surface area contributed by atoms with Crippen molar-refractivity contribution in [3.63, 3.8) is 0 Å². The molecule has 0 radical (unpaired) electrons. The number of hydrogen-bond acceptors (Lipinski definition) is 4. The van der Waals surface area contributed by atoms with Gasteiger partial charge in [-0.1, -0.05) is 0 Å². The van der Waals surface area contributed by atoms with Crippen molar-refractivity contribution in [1.29, 1.82) is 0 Å². The normalized spacial score (nSPS) is 10.9. The van der Waals surface area contributed by atoms with Crippen molar-refractivity contribution in [1.82, 2.24) is 19.7 Å². The molecule has 2 aromatic heterocycles. The van der Waals surface area contributed by atoms with Gasteiger partial charge in [0.15, 0.2) is 0 Å². The predicted octanol–water partition coefficient (Wildman–Crippen LogP) is 1.74. The van der Waals surface area contributed by atoms with Gasteiger partial charge in [-0.25, -0.2) is 9.97 Å². The van der Waals surface area contributed by atoms with Gasteiger partial charge in [0.05, 0.1) is 5.52 Å². The zero-order valence-corrected chi connectivity index (χ0v) is 9.20. The van der Waals surface area contributed by atoms with Crippen LogP contribution in [0, 0.1) is 0 Å². The quantitative estimate of drug-likeness (QED) is 0.686. The van der Waals surface area contributed by atoms with E-state index in [0.717, 1.165) is 22.2 Å². The van der Waals surface area contributed by atoms with Crippen molar-refractivity contribution in [2.45, 2.75) is 0 Å². The molecular weight excluding hydrogens is 216 g/mol. The second-order valence-corrected chi connectivity index (χ2v) is 3.80. The minimum atomic E-state index is 0.226. The number of fused-ring (bicyclic) bond motifs is 1. The summed E-state index contributed by atoms with van der Waals surface area (Å²) >= 11 is 0. The standard InChI is InChI=1S/C12H10N4O/c1-16-11-3-2-9(17)4-10(11)12(15-16)8-5-13-7-14-6-8/h2-7,17H,1H3. The third kappa shape index (κ3) is 1.52. The minimum absolute atomic E-state index is 0.226. The van der Waals surface area contributed by atoms with Crippen LogP contribution in [-0.4, -0.2) is 24.9 Å². The van der Waals surface area contributed by atoms with Crippen LogP contribution in [0.4, 0.5) is 0 Å². The molecule has 0 fully saturated rings. The third-order valence-corrected chi connectivity index (χ3v) is 2.67. The first-order valence-corrected chi connectivity index (χ1v) is 5.17. The molecule has 3 rings (SSSR count).